The van der Waals surface area contributed by atoms with E-state index in [2.05, 4.69) is 54.6 Å². The maximum absolute atomic E-state index is 4.17. The van der Waals surface area contributed by atoms with Gasteiger partial charge in [0.05, 0.1) is 18.2 Å². The van der Waals surface area contributed by atoms with Crippen LogP contribution in [0.2, 0.25) is 0 Å². The van der Waals surface area contributed by atoms with Crippen molar-refractivity contribution in [3.63, 3.8) is 0 Å². The summed E-state index contributed by atoms with van der Waals surface area (Å²) in [6, 6.07) is 8.74. The van der Waals surface area contributed by atoms with Crippen LogP contribution in [-0.4, -0.2) is 9.55 Å². The summed E-state index contributed by atoms with van der Waals surface area (Å²) in [5, 5.41) is 0. The Morgan fingerprint density at radius 2 is 2.00 bits per heavy atom. The number of aromatic nitrogens is 2. The molecule has 0 bridgehead atoms. The minimum Gasteiger partial charge on any atom is -0.334 e. The molecule has 0 amide bonds. The van der Waals surface area contributed by atoms with Crippen molar-refractivity contribution in [2.24, 2.45) is 12.5 Å². The summed E-state index contributed by atoms with van der Waals surface area (Å²) in [6.45, 7) is 6.80. The molecule has 0 aliphatic heterocycles. The lowest BCUT2D eigenvalue weighted by molar-refractivity contribution is 0.411. The van der Waals surface area contributed by atoms with Crippen molar-refractivity contribution in [2.45, 2.75) is 27.2 Å². The number of aryl methyl sites for hydroxylation is 1. The van der Waals surface area contributed by atoms with E-state index in [-0.39, 0.29) is 0 Å². The molecule has 1 heterocycles. The van der Waals surface area contributed by atoms with Crippen LogP contribution < -0.4 is 0 Å². The number of nitrogens with zero attached hydrogens (tertiary/aromatic N) is 2. The van der Waals surface area contributed by atoms with Gasteiger partial charge < -0.3 is 4.57 Å². The minimum absolute atomic E-state index is 0.324. The van der Waals surface area contributed by atoms with E-state index in [9.17, 15) is 0 Å². The Balaban J connectivity index is 2.32. The molecule has 0 aliphatic rings. The Hall–Kier alpha value is -1.57. The maximum Gasteiger partial charge on any atom is 0.0948 e. The van der Waals surface area contributed by atoms with Crippen LogP contribution in [0.15, 0.2) is 36.8 Å². The summed E-state index contributed by atoms with van der Waals surface area (Å²) < 4.78 is 2.05. The molecule has 0 saturated carbocycles. The summed E-state index contributed by atoms with van der Waals surface area (Å²) in [7, 11) is 2.03. The SMILES string of the molecule is Cn1cncc1-c1cccc(CC(C)(C)C)c1. The highest BCUT2D eigenvalue weighted by Gasteiger charge is 2.12. The molecule has 0 atom stereocenters. The molecule has 17 heavy (non-hydrogen) atoms. The van der Waals surface area contributed by atoms with Gasteiger partial charge in [0.25, 0.3) is 0 Å². The Labute approximate surface area is 103 Å². The van der Waals surface area contributed by atoms with Gasteiger partial charge in [-0.1, -0.05) is 39.0 Å². The predicted molar refractivity (Wildman–Crippen MR) is 71.8 cm³/mol. The predicted octanol–water partition coefficient (Wildman–Crippen LogP) is 3.68. The second kappa shape index (κ2) is 4.36. The summed E-state index contributed by atoms with van der Waals surface area (Å²) in [4.78, 5) is 4.17. The zero-order valence-electron chi connectivity index (χ0n) is 11.1. The smallest absolute Gasteiger partial charge is 0.0948 e. The second-order valence-electron chi connectivity index (χ2n) is 5.83. The second-order valence-corrected chi connectivity index (χ2v) is 5.83. The molecule has 0 aliphatic carbocycles. The highest BCUT2D eigenvalue weighted by Crippen LogP contribution is 2.24. The zero-order valence-corrected chi connectivity index (χ0v) is 11.1. The van der Waals surface area contributed by atoms with Crippen LogP contribution in [-0.2, 0) is 13.5 Å². The number of benzene rings is 1. The lowest BCUT2D eigenvalue weighted by atomic mass is 9.87. The number of rotatable bonds is 2. The monoisotopic (exact) mass is 228 g/mol. The molecular formula is C15H20N2. The number of imidazole rings is 1. The van der Waals surface area contributed by atoms with Crippen LogP contribution >= 0.6 is 0 Å². The van der Waals surface area contributed by atoms with Crippen molar-refractivity contribution in [1.29, 1.82) is 0 Å². The first kappa shape index (κ1) is 11.9. The van der Waals surface area contributed by atoms with Crippen LogP contribution in [0.1, 0.15) is 26.3 Å². The minimum atomic E-state index is 0.324. The van der Waals surface area contributed by atoms with Gasteiger partial charge >= 0.3 is 0 Å². The zero-order chi connectivity index (χ0) is 12.5. The number of hydrogen-bond acceptors (Lipinski definition) is 1. The van der Waals surface area contributed by atoms with Crippen molar-refractivity contribution in [1.82, 2.24) is 9.55 Å². The molecule has 2 rings (SSSR count). The van der Waals surface area contributed by atoms with E-state index in [0.29, 0.717) is 5.41 Å². The van der Waals surface area contributed by atoms with Crippen molar-refractivity contribution >= 4 is 0 Å². The lowest BCUT2D eigenvalue weighted by Crippen LogP contribution is -2.09. The van der Waals surface area contributed by atoms with Crippen LogP contribution in [0.4, 0.5) is 0 Å². The first-order valence-electron chi connectivity index (χ1n) is 6.01. The molecule has 0 radical (unpaired) electrons. The first-order chi connectivity index (χ1) is 7.96. The third kappa shape index (κ3) is 2.96. The summed E-state index contributed by atoms with van der Waals surface area (Å²) in [5.41, 5.74) is 4.12. The standard InChI is InChI=1S/C15H20N2/c1-15(2,3)9-12-6-5-7-13(8-12)14-10-16-11-17(14)4/h5-8,10-11H,9H2,1-4H3. The highest BCUT2D eigenvalue weighted by molar-refractivity contribution is 5.59. The van der Waals surface area contributed by atoms with Gasteiger partial charge in [-0.15, -0.1) is 0 Å². The molecule has 0 unspecified atom stereocenters. The first-order valence-corrected chi connectivity index (χ1v) is 6.01. The highest BCUT2D eigenvalue weighted by atomic mass is 15.0. The van der Waals surface area contributed by atoms with E-state index in [1.54, 1.807) is 0 Å². The molecule has 0 fully saturated rings. The summed E-state index contributed by atoms with van der Waals surface area (Å²) >= 11 is 0. The van der Waals surface area contributed by atoms with E-state index >= 15 is 0 Å². The van der Waals surface area contributed by atoms with Crippen molar-refractivity contribution in [3.8, 4) is 11.3 Å². The largest absolute Gasteiger partial charge is 0.334 e. The molecule has 1 aromatic carbocycles. The average Bonchev–Trinajstić information content (AvgIpc) is 2.62. The Kier molecular flexibility index (Phi) is 3.05. The quantitative estimate of drug-likeness (QED) is 0.766. The van der Waals surface area contributed by atoms with Crippen LogP contribution in [0.3, 0.4) is 0 Å². The van der Waals surface area contributed by atoms with E-state index in [0.717, 1.165) is 6.42 Å². The van der Waals surface area contributed by atoms with E-state index in [1.807, 2.05) is 19.6 Å². The molecule has 2 heteroatoms. The number of hydrogen-bond donors (Lipinski definition) is 0. The molecule has 0 spiro atoms. The summed E-state index contributed by atoms with van der Waals surface area (Å²) in [5.74, 6) is 0. The third-order valence-electron chi connectivity index (χ3n) is 2.77. The van der Waals surface area contributed by atoms with Gasteiger partial charge in [0.15, 0.2) is 0 Å². The van der Waals surface area contributed by atoms with E-state index in [4.69, 9.17) is 0 Å². The molecule has 2 aromatic rings. The topological polar surface area (TPSA) is 17.8 Å². The fraction of sp³-hybridized carbons (Fsp3) is 0.400. The Bertz CT molecular complexity index is 504. The van der Waals surface area contributed by atoms with E-state index < -0.39 is 0 Å². The Morgan fingerprint density at radius 1 is 1.24 bits per heavy atom. The maximum atomic E-state index is 4.17. The lowest BCUT2D eigenvalue weighted by Gasteiger charge is -2.18. The van der Waals surface area contributed by atoms with Crippen molar-refractivity contribution in [2.75, 3.05) is 0 Å². The van der Waals surface area contributed by atoms with Gasteiger partial charge in [0.2, 0.25) is 0 Å². The van der Waals surface area contributed by atoms with Gasteiger partial charge in [0, 0.05) is 12.6 Å². The van der Waals surface area contributed by atoms with Gasteiger partial charge in [-0.2, -0.15) is 0 Å². The molecule has 0 N–H and O–H groups in total. The van der Waals surface area contributed by atoms with Gasteiger partial charge in [-0.05, 0) is 23.5 Å². The Morgan fingerprint density at radius 3 is 2.59 bits per heavy atom. The summed E-state index contributed by atoms with van der Waals surface area (Å²) in [6.07, 6.45) is 4.85. The molecule has 1 aromatic heterocycles. The van der Waals surface area contributed by atoms with Crippen LogP contribution in [0.25, 0.3) is 11.3 Å². The normalized spacial score (nSPS) is 11.8. The van der Waals surface area contributed by atoms with Gasteiger partial charge in [0.1, 0.15) is 0 Å². The third-order valence-corrected chi connectivity index (χ3v) is 2.77. The molecular weight excluding hydrogens is 208 g/mol. The molecule has 2 nitrogen and oxygen atoms in total. The van der Waals surface area contributed by atoms with Crippen LogP contribution in [0.5, 0.6) is 0 Å². The van der Waals surface area contributed by atoms with Crippen molar-refractivity contribution < 1.29 is 0 Å². The fourth-order valence-electron chi connectivity index (χ4n) is 2.09. The van der Waals surface area contributed by atoms with Gasteiger partial charge in [-0.3, -0.25) is 0 Å². The van der Waals surface area contributed by atoms with E-state index in [1.165, 1.54) is 16.8 Å². The average molecular weight is 228 g/mol. The van der Waals surface area contributed by atoms with Gasteiger partial charge in [-0.25, -0.2) is 4.98 Å². The molecule has 90 valence electrons. The van der Waals surface area contributed by atoms with Crippen LogP contribution in [0, 0.1) is 5.41 Å². The van der Waals surface area contributed by atoms with Crippen molar-refractivity contribution in [3.05, 3.63) is 42.4 Å². The molecule has 0 saturated heterocycles. The fourth-order valence-corrected chi connectivity index (χ4v) is 2.09.